The molecule has 5 heteroatoms. The van der Waals surface area contributed by atoms with Gasteiger partial charge in [-0.1, -0.05) is 103 Å². The summed E-state index contributed by atoms with van der Waals surface area (Å²) >= 11 is -0.533. The number of aliphatic imine (C=N–C) groups is 2. The maximum absolute atomic E-state index is 5.36. The first-order valence-corrected chi connectivity index (χ1v) is 28.5. The van der Waals surface area contributed by atoms with E-state index in [2.05, 4.69) is 259 Å². The Morgan fingerprint density at radius 1 is 0.364 bits per heavy atom. The van der Waals surface area contributed by atoms with Gasteiger partial charge in [0.1, 0.15) is 0 Å². The Balaban J connectivity index is 0.889. The zero-order chi connectivity index (χ0) is 51.1. The molecule has 1 aliphatic rings. The quantitative estimate of drug-likeness (QED) is 0.0660. The van der Waals surface area contributed by atoms with E-state index < -0.39 is 21.2 Å². The van der Waals surface area contributed by atoms with Crippen molar-refractivity contribution in [2.45, 2.75) is 13.8 Å². The first-order valence-electron chi connectivity index (χ1n) is 26.3. The topological polar surface area (TPSA) is 34.6 Å². The Morgan fingerprint density at radius 3 is 1.65 bits per heavy atom. The van der Waals surface area contributed by atoms with Crippen LogP contribution in [-0.4, -0.2) is 20.7 Å². The van der Waals surface area contributed by atoms with E-state index in [4.69, 9.17) is 9.98 Å². The van der Waals surface area contributed by atoms with Crippen LogP contribution in [0.2, 0.25) is 0 Å². The molecule has 0 saturated carbocycles. The Hall–Kier alpha value is -9.17. The van der Waals surface area contributed by atoms with Crippen molar-refractivity contribution < 1.29 is 21.2 Å². The van der Waals surface area contributed by atoms with Crippen LogP contribution in [0.1, 0.15) is 30.5 Å². The van der Waals surface area contributed by atoms with Crippen LogP contribution < -0.4 is 21.2 Å². The first kappa shape index (κ1) is 45.2. The van der Waals surface area contributed by atoms with E-state index in [1.54, 1.807) is 0 Å². The minimum atomic E-state index is -0.533. The summed E-state index contributed by atoms with van der Waals surface area (Å²) in [6, 6.07) is 91.0. The van der Waals surface area contributed by atoms with E-state index in [1.165, 1.54) is 106 Å². The molecule has 2 aromatic heterocycles. The molecule has 1 aliphatic heterocycles. The monoisotopic (exact) mass is 1100 g/mol. The molecule has 0 N–H and O–H groups in total. The van der Waals surface area contributed by atoms with Crippen molar-refractivity contribution in [1.82, 2.24) is 9.13 Å². The zero-order valence-electron chi connectivity index (χ0n) is 42.4. The number of nitrogens with zero attached hydrogens (tertiary/aromatic N) is 4. The number of aromatic nitrogens is 2. The predicted molar refractivity (Wildman–Crippen MR) is 321 cm³/mol. The second-order valence-corrected chi connectivity index (χ2v) is 22.6. The molecule has 15 rings (SSSR count). The molecule has 0 spiro atoms. The molecule has 0 bridgehead atoms. The summed E-state index contributed by atoms with van der Waals surface area (Å²) in [4.78, 5) is 10.7. The number of hydrogen-bond acceptors (Lipinski definition) is 1. The van der Waals surface area contributed by atoms with E-state index in [9.17, 15) is 0 Å². The molecule has 0 fully saturated rings. The summed E-state index contributed by atoms with van der Waals surface area (Å²) in [5.41, 5.74) is 17.4. The summed E-state index contributed by atoms with van der Waals surface area (Å²) < 4.78 is 7.96. The van der Waals surface area contributed by atoms with Gasteiger partial charge in [0.2, 0.25) is 0 Å². The average molecular weight is 1100 g/mol. The maximum atomic E-state index is 5.36. The number of rotatable bonds is 7. The molecule has 0 saturated heterocycles. The SMILES string of the molecule is C/C=C(/N=C(N=C(C)c1ccccc1)c1ccc2c3ccccc3c3ccc(-n4c5ccccc5c5cc(-c6cccc7c6[I-]c6c-7ccc7c8ccccc8n(-c8ccccc8)c67)ccc54)cc3c2c1)c1ccccc1. The Labute approximate surface area is 456 Å². The molecular weight excluding hydrogens is 1050 g/mol. The van der Waals surface area contributed by atoms with Crippen molar-refractivity contribution in [1.29, 1.82) is 0 Å². The van der Waals surface area contributed by atoms with Gasteiger partial charge < -0.3 is 0 Å². The van der Waals surface area contributed by atoms with Gasteiger partial charge in [0.05, 0.1) is 5.70 Å². The summed E-state index contributed by atoms with van der Waals surface area (Å²) in [6.45, 7) is 4.12. The summed E-state index contributed by atoms with van der Waals surface area (Å²) in [6.07, 6.45) is 2.07. The van der Waals surface area contributed by atoms with Gasteiger partial charge in [0, 0.05) is 11.3 Å². The molecule has 0 amide bonds. The normalized spacial score (nSPS) is 13.1. The molecule has 0 unspecified atom stereocenters. The van der Waals surface area contributed by atoms with Crippen molar-refractivity contribution in [3.8, 4) is 33.6 Å². The predicted octanol–water partition coefficient (Wildman–Crippen LogP) is 15.4. The molecular formula is C72H48IN4-. The van der Waals surface area contributed by atoms with E-state index in [-0.39, 0.29) is 0 Å². The summed E-state index contributed by atoms with van der Waals surface area (Å²) in [5.74, 6) is 0.666. The number of amidine groups is 1. The number of fused-ring (bicyclic) bond motifs is 16. The van der Waals surface area contributed by atoms with Crippen LogP contribution in [0.5, 0.6) is 0 Å². The second-order valence-electron chi connectivity index (χ2n) is 19.9. The molecule has 364 valence electrons. The molecule has 0 aliphatic carbocycles. The number of allylic oxidation sites excluding steroid dienone is 1. The molecule has 0 atom stereocenters. The molecule has 4 nitrogen and oxygen atoms in total. The van der Waals surface area contributed by atoms with E-state index in [0.29, 0.717) is 5.84 Å². The van der Waals surface area contributed by atoms with Gasteiger partial charge in [0.25, 0.3) is 0 Å². The van der Waals surface area contributed by atoms with Gasteiger partial charge in [-0.15, -0.1) is 0 Å². The second kappa shape index (κ2) is 18.3. The third-order valence-corrected chi connectivity index (χ3v) is 19.0. The van der Waals surface area contributed by atoms with Gasteiger partial charge >= 0.3 is 293 Å². The Bertz CT molecular complexity index is 4830. The van der Waals surface area contributed by atoms with Crippen molar-refractivity contribution in [3.63, 3.8) is 0 Å². The molecule has 77 heavy (non-hydrogen) atoms. The third-order valence-electron chi connectivity index (χ3n) is 15.6. The number of halogens is 1. The van der Waals surface area contributed by atoms with Gasteiger partial charge in [0.15, 0.2) is 5.84 Å². The van der Waals surface area contributed by atoms with Crippen LogP contribution in [0.25, 0.3) is 115 Å². The van der Waals surface area contributed by atoms with Crippen LogP contribution in [0.3, 0.4) is 0 Å². The average Bonchev–Trinajstić information content (AvgIpc) is 4.31. The smallest absolute Gasteiger partial charge is 0.0622 e. The summed E-state index contributed by atoms with van der Waals surface area (Å²) in [5, 5.41) is 12.3. The standard InChI is InChI=1S/C72H48IN4/c1-3-65(47-22-9-5-10-23-47)75-72(74-45(2)46-20-7-4-8-21-46)49-34-37-55-53-26-13-14-27-54(53)56-38-36-51(44-63(56)62(55)43-49)76-66-32-17-16-29-58(66)64-42-48(35-41-68(64)76)52-30-19-31-59-60-39-40-61-57-28-15-18-33-67(57)77(50-24-11-6-12-25-50)71(61)70(60)73-69(52)59/h3-44H,1-2H3/q-1/b65-3+,74-45?,75-72?. The van der Waals surface area contributed by atoms with Gasteiger partial charge in [-0.2, -0.15) is 0 Å². The number of benzene rings is 12. The van der Waals surface area contributed by atoms with Crippen LogP contribution >= 0.6 is 0 Å². The van der Waals surface area contributed by atoms with Gasteiger partial charge in [-0.3, -0.25) is 0 Å². The van der Waals surface area contributed by atoms with Crippen molar-refractivity contribution in [2.75, 3.05) is 0 Å². The van der Waals surface area contributed by atoms with Gasteiger partial charge in [-0.25, -0.2) is 9.98 Å². The van der Waals surface area contributed by atoms with Crippen LogP contribution in [0.15, 0.2) is 265 Å². The molecule has 14 aromatic rings. The Morgan fingerprint density at radius 2 is 0.922 bits per heavy atom. The zero-order valence-corrected chi connectivity index (χ0v) is 44.6. The molecule has 0 radical (unpaired) electrons. The van der Waals surface area contributed by atoms with Crippen LogP contribution in [-0.2, 0) is 0 Å². The number of para-hydroxylation sites is 3. The fourth-order valence-corrected chi connectivity index (χ4v) is 15.7. The minimum absolute atomic E-state index is 0.533. The molecule has 12 aromatic carbocycles. The van der Waals surface area contributed by atoms with E-state index in [1.807, 2.05) is 19.1 Å². The molecule has 3 heterocycles. The fourth-order valence-electron chi connectivity index (χ4n) is 12.0. The van der Waals surface area contributed by atoms with Crippen molar-refractivity contribution >= 4 is 93.2 Å². The number of hydrogen-bond donors (Lipinski definition) is 0. The fraction of sp³-hybridized carbons (Fsp3) is 0.0278. The van der Waals surface area contributed by atoms with E-state index >= 15 is 0 Å². The Kier molecular flexibility index (Phi) is 10.7. The van der Waals surface area contributed by atoms with Crippen LogP contribution in [0.4, 0.5) is 0 Å². The van der Waals surface area contributed by atoms with Gasteiger partial charge in [-0.05, 0) is 30.4 Å². The van der Waals surface area contributed by atoms with Crippen LogP contribution in [0, 0.1) is 7.14 Å². The summed E-state index contributed by atoms with van der Waals surface area (Å²) in [7, 11) is 0. The van der Waals surface area contributed by atoms with Crippen molar-refractivity contribution in [2.24, 2.45) is 9.98 Å². The first-order chi connectivity index (χ1) is 38.1. The van der Waals surface area contributed by atoms with Crippen molar-refractivity contribution in [3.05, 3.63) is 279 Å². The minimum Gasteiger partial charge on any atom is -0.0622 e. The third kappa shape index (κ3) is 7.32. The van der Waals surface area contributed by atoms with E-state index in [0.717, 1.165) is 39.2 Å².